The number of benzene rings is 2. The Morgan fingerprint density at radius 3 is 2.34 bits per heavy atom. The molecule has 0 aliphatic heterocycles. The summed E-state index contributed by atoms with van der Waals surface area (Å²) in [6.45, 7) is 8.14. The number of amides is 2. The van der Waals surface area contributed by atoms with Gasteiger partial charge in [-0.05, 0) is 89.4 Å². The van der Waals surface area contributed by atoms with Crippen LogP contribution in [0, 0.1) is 19.8 Å². The molecule has 0 radical (unpaired) electrons. The van der Waals surface area contributed by atoms with Crippen molar-refractivity contribution in [3.8, 4) is 11.5 Å². The van der Waals surface area contributed by atoms with Gasteiger partial charge in [-0.1, -0.05) is 25.4 Å². The lowest BCUT2D eigenvalue weighted by Gasteiger charge is -2.13. The fourth-order valence-corrected chi connectivity index (χ4v) is 3.27. The average Bonchev–Trinajstić information content (AvgIpc) is 2.73. The molecular formula is C22H25BrClN3O4S. The highest BCUT2D eigenvalue weighted by Crippen LogP contribution is 2.27. The number of nitrogens with one attached hydrogen (secondary N) is 3. The van der Waals surface area contributed by atoms with Crippen LogP contribution in [0.3, 0.4) is 0 Å². The summed E-state index contributed by atoms with van der Waals surface area (Å²) in [5.74, 6) is 0.655. The molecule has 0 unspecified atom stereocenters. The molecule has 0 aliphatic carbocycles. The standard InChI is InChI=1S/C22H25BrClN3O4S/c1-12(2)10-31-18-6-5-15(9-17(18)23)21(29)25-22(32)27-26-19(28)11-30-16-7-13(3)20(24)14(4)8-16/h5-9,12H,10-11H2,1-4H3,(H,26,28)(H2,25,27,29,32). The van der Waals surface area contributed by atoms with Crippen LogP contribution in [0.25, 0.3) is 0 Å². The first kappa shape index (κ1) is 25.9. The Kier molecular flexibility index (Phi) is 9.74. The monoisotopic (exact) mass is 541 g/mol. The SMILES string of the molecule is Cc1cc(OCC(=O)NNC(=S)NC(=O)c2ccc(OCC(C)C)c(Br)c2)cc(C)c1Cl. The zero-order valence-corrected chi connectivity index (χ0v) is 21.3. The Morgan fingerprint density at radius 1 is 1.09 bits per heavy atom. The Labute approximate surface area is 206 Å². The molecule has 32 heavy (non-hydrogen) atoms. The molecule has 0 aromatic heterocycles. The van der Waals surface area contributed by atoms with Crippen molar-refractivity contribution in [1.82, 2.24) is 16.2 Å². The van der Waals surface area contributed by atoms with E-state index in [0.29, 0.717) is 39.1 Å². The maximum absolute atomic E-state index is 12.4. The second-order valence-corrected chi connectivity index (χ2v) is 9.11. The number of ether oxygens (including phenoxy) is 2. The van der Waals surface area contributed by atoms with Gasteiger partial charge in [0.25, 0.3) is 11.8 Å². The van der Waals surface area contributed by atoms with Crippen LogP contribution < -0.4 is 25.6 Å². The number of rotatable bonds is 7. The van der Waals surface area contributed by atoms with Crippen LogP contribution in [0.4, 0.5) is 0 Å². The molecule has 0 fully saturated rings. The minimum absolute atomic E-state index is 0.0576. The quantitative estimate of drug-likeness (QED) is 0.353. The Morgan fingerprint density at radius 2 is 1.75 bits per heavy atom. The predicted molar refractivity (Wildman–Crippen MR) is 132 cm³/mol. The molecule has 0 bridgehead atoms. The first-order chi connectivity index (χ1) is 15.1. The van der Waals surface area contributed by atoms with Crippen molar-refractivity contribution in [2.75, 3.05) is 13.2 Å². The maximum atomic E-state index is 12.4. The van der Waals surface area contributed by atoms with Gasteiger partial charge >= 0.3 is 0 Å². The van der Waals surface area contributed by atoms with Crippen LogP contribution in [0.15, 0.2) is 34.8 Å². The third-order valence-electron chi connectivity index (χ3n) is 4.09. The summed E-state index contributed by atoms with van der Waals surface area (Å²) in [4.78, 5) is 24.4. The molecule has 2 aromatic carbocycles. The van der Waals surface area contributed by atoms with Gasteiger partial charge in [0.2, 0.25) is 0 Å². The summed E-state index contributed by atoms with van der Waals surface area (Å²) < 4.78 is 11.8. The number of aryl methyl sites for hydroxylation is 2. The first-order valence-corrected chi connectivity index (χ1v) is 11.4. The number of thiocarbonyl (C=S) groups is 1. The molecule has 0 saturated carbocycles. The molecule has 3 N–H and O–H groups in total. The summed E-state index contributed by atoms with van der Waals surface area (Å²) in [6, 6.07) is 8.46. The minimum Gasteiger partial charge on any atom is -0.492 e. The molecule has 0 heterocycles. The van der Waals surface area contributed by atoms with E-state index >= 15 is 0 Å². The molecule has 2 rings (SSSR count). The van der Waals surface area contributed by atoms with Crippen LogP contribution in [0.1, 0.15) is 35.3 Å². The van der Waals surface area contributed by atoms with Crippen LogP contribution in [-0.4, -0.2) is 30.1 Å². The summed E-state index contributed by atoms with van der Waals surface area (Å²) in [5, 5.41) is 3.10. The molecular weight excluding hydrogens is 518 g/mol. The minimum atomic E-state index is -0.471. The van der Waals surface area contributed by atoms with E-state index in [1.165, 1.54) is 0 Å². The fraction of sp³-hybridized carbons (Fsp3) is 0.318. The normalized spacial score (nSPS) is 10.5. The van der Waals surface area contributed by atoms with Gasteiger partial charge in [-0.15, -0.1) is 0 Å². The topological polar surface area (TPSA) is 88.7 Å². The van der Waals surface area contributed by atoms with E-state index in [1.807, 2.05) is 27.7 Å². The van der Waals surface area contributed by atoms with E-state index in [0.717, 1.165) is 11.1 Å². The third-order valence-corrected chi connectivity index (χ3v) is 5.51. The average molecular weight is 543 g/mol. The van der Waals surface area contributed by atoms with Gasteiger partial charge in [-0.2, -0.15) is 0 Å². The maximum Gasteiger partial charge on any atom is 0.276 e. The van der Waals surface area contributed by atoms with Crippen LogP contribution in [-0.2, 0) is 4.79 Å². The molecule has 10 heteroatoms. The van der Waals surface area contributed by atoms with Crippen LogP contribution in [0.2, 0.25) is 5.02 Å². The highest BCUT2D eigenvalue weighted by Gasteiger charge is 2.12. The molecule has 172 valence electrons. The number of carbonyl (C=O) groups is 2. The van der Waals surface area contributed by atoms with Crippen molar-refractivity contribution in [2.45, 2.75) is 27.7 Å². The van der Waals surface area contributed by atoms with Crippen molar-refractivity contribution < 1.29 is 19.1 Å². The summed E-state index contributed by atoms with van der Waals surface area (Å²) in [5.41, 5.74) is 6.93. The van der Waals surface area contributed by atoms with Gasteiger partial charge in [0.15, 0.2) is 11.7 Å². The predicted octanol–water partition coefficient (Wildman–Crippen LogP) is 4.47. The number of carbonyl (C=O) groups excluding carboxylic acids is 2. The molecule has 0 spiro atoms. The van der Waals surface area contributed by atoms with Gasteiger partial charge in [0.05, 0.1) is 11.1 Å². The Hall–Kier alpha value is -2.36. The molecule has 0 aliphatic rings. The van der Waals surface area contributed by atoms with E-state index in [4.69, 9.17) is 33.3 Å². The van der Waals surface area contributed by atoms with Crippen molar-refractivity contribution in [1.29, 1.82) is 0 Å². The molecule has 0 atom stereocenters. The number of halogens is 2. The van der Waals surface area contributed by atoms with E-state index in [-0.39, 0.29) is 11.7 Å². The number of hydrazine groups is 1. The number of hydrogen-bond donors (Lipinski definition) is 3. The molecule has 7 nitrogen and oxygen atoms in total. The summed E-state index contributed by atoms with van der Waals surface area (Å²) >= 11 is 14.6. The van der Waals surface area contributed by atoms with Crippen LogP contribution in [0.5, 0.6) is 11.5 Å². The zero-order chi connectivity index (χ0) is 23.8. The van der Waals surface area contributed by atoms with Crippen molar-refractivity contribution in [3.05, 3.63) is 56.5 Å². The zero-order valence-electron chi connectivity index (χ0n) is 18.2. The Balaban J connectivity index is 1.80. The largest absolute Gasteiger partial charge is 0.492 e. The van der Waals surface area contributed by atoms with Crippen molar-refractivity contribution in [2.24, 2.45) is 5.92 Å². The first-order valence-electron chi connectivity index (χ1n) is 9.79. The van der Waals surface area contributed by atoms with E-state index in [1.54, 1.807) is 30.3 Å². The second-order valence-electron chi connectivity index (χ2n) is 7.47. The lowest BCUT2D eigenvalue weighted by atomic mass is 10.1. The van der Waals surface area contributed by atoms with E-state index < -0.39 is 11.8 Å². The molecule has 2 aromatic rings. The summed E-state index contributed by atoms with van der Waals surface area (Å²) in [6.07, 6.45) is 0. The van der Waals surface area contributed by atoms with Gasteiger partial charge < -0.3 is 9.47 Å². The molecule has 0 saturated heterocycles. The fourth-order valence-electron chi connectivity index (χ4n) is 2.52. The van der Waals surface area contributed by atoms with E-state index in [2.05, 4.69) is 32.1 Å². The van der Waals surface area contributed by atoms with Gasteiger partial charge in [-0.25, -0.2) is 0 Å². The third kappa shape index (κ3) is 7.96. The smallest absolute Gasteiger partial charge is 0.276 e. The molecule has 2 amide bonds. The highest BCUT2D eigenvalue weighted by molar-refractivity contribution is 9.10. The highest BCUT2D eigenvalue weighted by atomic mass is 79.9. The van der Waals surface area contributed by atoms with Crippen molar-refractivity contribution >= 4 is 56.7 Å². The van der Waals surface area contributed by atoms with Gasteiger partial charge in [-0.3, -0.25) is 25.8 Å². The van der Waals surface area contributed by atoms with Gasteiger partial charge in [0.1, 0.15) is 11.5 Å². The van der Waals surface area contributed by atoms with Crippen molar-refractivity contribution in [3.63, 3.8) is 0 Å². The second kappa shape index (κ2) is 12.0. The van der Waals surface area contributed by atoms with Crippen LogP contribution >= 0.6 is 39.7 Å². The summed E-state index contributed by atoms with van der Waals surface area (Å²) in [7, 11) is 0. The van der Waals surface area contributed by atoms with E-state index in [9.17, 15) is 9.59 Å². The van der Waals surface area contributed by atoms with Gasteiger partial charge in [0, 0.05) is 10.6 Å². The lowest BCUT2D eigenvalue weighted by Crippen LogP contribution is -2.49. The Bertz CT molecular complexity index is 994. The number of hydrogen-bond acceptors (Lipinski definition) is 5. The lowest BCUT2D eigenvalue weighted by molar-refractivity contribution is -0.123.